The SMILES string of the molecule is CC1CC(C)CC(C(=O)Cn2cc(CN)nn2)C1. The molecule has 0 radical (unpaired) electrons. The molecule has 0 aromatic carbocycles. The molecule has 0 saturated heterocycles. The predicted octanol–water partition coefficient (Wildman–Crippen LogP) is 1.38. The van der Waals surface area contributed by atoms with Crippen LogP contribution in [-0.2, 0) is 17.9 Å². The van der Waals surface area contributed by atoms with Crippen LogP contribution in [-0.4, -0.2) is 20.8 Å². The van der Waals surface area contributed by atoms with Gasteiger partial charge in [-0.2, -0.15) is 0 Å². The predicted molar refractivity (Wildman–Crippen MR) is 68.6 cm³/mol. The van der Waals surface area contributed by atoms with E-state index in [-0.39, 0.29) is 11.7 Å². The van der Waals surface area contributed by atoms with Gasteiger partial charge in [0.25, 0.3) is 0 Å². The van der Waals surface area contributed by atoms with Crippen molar-refractivity contribution in [1.29, 1.82) is 0 Å². The summed E-state index contributed by atoms with van der Waals surface area (Å²) >= 11 is 0. The Bertz CT molecular complexity index is 405. The number of Topliss-reactive ketones (excluding diaryl/α,β-unsaturated/α-hetero) is 1. The Kier molecular flexibility index (Phi) is 4.11. The lowest BCUT2D eigenvalue weighted by Gasteiger charge is -2.30. The highest BCUT2D eigenvalue weighted by Crippen LogP contribution is 2.33. The molecule has 5 heteroatoms. The van der Waals surface area contributed by atoms with E-state index in [9.17, 15) is 4.79 Å². The van der Waals surface area contributed by atoms with Crippen molar-refractivity contribution < 1.29 is 4.79 Å². The summed E-state index contributed by atoms with van der Waals surface area (Å²) in [4.78, 5) is 12.2. The van der Waals surface area contributed by atoms with Crippen LogP contribution < -0.4 is 5.73 Å². The van der Waals surface area contributed by atoms with Crippen LogP contribution in [0.3, 0.4) is 0 Å². The van der Waals surface area contributed by atoms with Crippen LogP contribution in [0.15, 0.2) is 6.20 Å². The molecule has 1 fully saturated rings. The summed E-state index contributed by atoms with van der Waals surface area (Å²) in [6.07, 6.45) is 5.03. The lowest BCUT2D eigenvalue weighted by molar-refractivity contribution is -0.125. The highest BCUT2D eigenvalue weighted by Gasteiger charge is 2.28. The van der Waals surface area contributed by atoms with Crippen LogP contribution in [0.25, 0.3) is 0 Å². The maximum absolute atomic E-state index is 12.2. The van der Waals surface area contributed by atoms with Crippen LogP contribution in [0, 0.1) is 17.8 Å². The summed E-state index contributed by atoms with van der Waals surface area (Å²) in [5.41, 5.74) is 6.20. The van der Waals surface area contributed by atoms with Gasteiger partial charge in [0.15, 0.2) is 5.78 Å². The molecule has 0 spiro atoms. The van der Waals surface area contributed by atoms with Gasteiger partial charge in [-0.1, -0.05) is 19.1 Å². The number of nitrogens with zero attached hydrogens (tertiary/aromatic N) is 3. The largest absolute Gasteiger partial charge is 0.325 e. The van der Waals surface area contributed by atoms with Gasteiger partial charge in [0.2, 0.25) is 0 Å². The molecule has 2 N–H and O–H groups in total. The van der Waals surface area contributed by atoms with E-state index in [0.717, 1.165) is 18.5 Å². The summed E-state index contributed by atoms with van der Waals surface area (Å²) < 4.78 is 1.61. The molecule has 1 aliphatic rings. The quantitative estimate of drug-likeness (QED) is 0.876. The fraction of sp³-hybridized carbons (Fsp3) is 0.769. The third kappa shape index (κ3) is 3.16. The van der Waals surface area contributed by atoms with Gasteiger partial charge in [0.05, 0.1) is 11.9 Å². The zero-order chi connectivity index (χ0) is 13.1. The Balaban J connectivity index is 1.94. The number of rotatable bonds is 4. The molecule has 0 amide bonds. The Labute approximate surface area is 108 Å². The number of nitrogens with two attached hydrogens (primary N) is 1. The summed E-state index contributed by atoms with van der Waals surface area (Å²) in [7, 11) is 0. The van der Waals surface area contributed by atoms with Crippen molar-refractivity contribution in [2.45, 2.75) is 46.2 Å². The molecule has 5 nitrogen and oxygen atoms in total. The van der Waals surface area contributed by atoms with E-state index < -0.39 is 0 Å². The number of carbonyl (C=O) groups is 1. The maximum Gasteiger partial charge on any atom is 0.157 e. The van der Waals surface area contributed by atoms with Crippen molar-refractivity contribution in [2.24, 2.45) is 23.5 Å². The van der Waals surface area contributed by atoms with Crippen molar-refractivity contribution in [2.75, 3.05) is 0 Å². The van der Waals surface area contributed by atoms with Gasteiger partial charge in [-0.25, -0.2) is 4.68 Å². The number of hydrogen-bond donors (Lipinski definition) is 1. The molecule has 1 aliphatic carbocycles. The number of hydrogen-bond acceptors (Lipinski definition) is 4. The number of aromatic nitrogens is 3. The minimum absolute atomic E-state index is 0.189. The van der Waals surface area contributed by atoms with E-state index in [1.54, 1.807) is 10.9 Å². The van der Waals surface area contributed by atoms with E-state index in [4.69, 9.17) is 5.73 Å². The van der Waals surface area contributed by atoms with Gasteiger partial charge in [-0.15, -0.1) is 5.10 Å². The highest BCUT2D eigenvalue weighted by molar-refractivity contribution is 5.80. The minimum atomic E-state index is 0.189. The monoisotopic (exact) mass is 250 g/mol. The molecule has 2 rings (SSSR count). The minimum Gasteiger partial charge on any atom is -0.325 e. The van der Waals surface area contributed by atoms with E-state index in [1.807, 2.05) is 0 Å². The molecule has 1 heterocycles. The van der Waals surface area contributed by atoms with E-state index in [0.29, 0.717) is 24.9 Å². The number of ketones is 1. The smallest absolute Gasteiger partial charge is 0.157 e. The maximum atomic E-state index is 12.2. The first-order valence-corrected chi connectivity index (χ1v) is 6.70. The van der Waals surface area contributed by atoms with Crippen LogP contribution in [0.5, 0.6) is 0 Å². The summed E-state index contributed by atoms with van der Waals surface area (Å²) in [6.45, 7) is 5.17. The molecule has 0 bridgehead atoms. The van der Waals surface area contributed by atoms with E-state index in [1.165, 1.54) is 6.42 Å². The molecular weight excluding hydrogens is 228 g/mol. The van der Waals surface area contributed by atoms with Crippen LogP contribution in [0.4, 0.5) is 0 Å². The molecule has 100 valence electrons. The second kappa shape index (κ2) is 5.61. The third-order valence-electron chi connectivity index (χ3n) is 3.75. The Morgan fingerprint density at radius 3 is 2.61 bits per heavy atom. The normalized spacial score (nSPS) is 28.3. The molecule has 1 aromatic heterocycles. The van der Waals surface area contributed by atoms with Crippen molar-refractivity contribution in [1.82, 2.24) is 15.0 Å². The second-order valence-corrected chi connectivity index (χ2v) is 5.69. The van der Waals surface area contributed by atoms with E-state index >= 15 is 0 Å². The van der Waals surface area contributed by atoms with Crippen molar-refractivity contribution in [3.63, 3.8) is 0 Å². The lowest BCUT2D eigenvalue weighted by Crippen LogP contribution is -2.28. The third-order valence-corrected chi connectivity index (χ3v) is 3.75. The van der Waals surface area contributed by atoms with Crippen molar-refractivity contribution in [3.05, 3.63) is 11.9 Å². The van der Waals surface area contributed by atoms with E-state index in [2.05, 4.69) is 24.2 Å². The van der Waals surface area contributed by atoms with Gasteiger partial charge in [0.1, 0.15) is 6.54 Å². The number of carbonyl (C=O) groups excluding carboxylic acids is 1. The van der Waals surface area contributed by atoms with Crippen LogP contribution in [0.2, 0.25) is 0 Å². The van der Waals surface area contributed by atoms with Crippen LogP contribution in [0.1, 0.15) is 38.8 Å². The van der Waals surface area contributed by atoms with Crippen LogP contribution >= 0.6 is 0 Å². The summed E-state index contributed by atoms with van der Waals surface area (Å²) in [5, 5.41) is 7.82. The Morgan fingerprint density at radius 2 is 2.06 bits per heavy atom. The molecular formula is C13H22N4O. The summed E-state index contributed by atoms with van der Waals surface area (Å²) in [6, 6.07) is 0. The molecule has 2 unspecified atom stereocenters. The average molecular weight is 250 g/mol. The Morgan fingerprint density at radius 1 is 1.39 bits per heavy atom. The summed E-state index contributed by atoms with van der Waals surface area (Å²) in [5.74, 6) is 1.77. The van der Waals surface area contributed by atoms with Crippen molar-refractivity contribution >= 4 is 5.78 Å². The molecule has 18 heavy (non-hydrogen) atoms. The molecule has 1 aromatic rings. The fourth-order valence-corrected chi connectivity index (χ4v) is 3.01. The van der Waals surface area contributed by atoms with Gasteiger partial charge < -0.3 is 5.73 Å². The van der Waals surface area contributed by atoms with Gasteiger partial charge >= 0.3 is 0 Å². The lowest BCUT2D eigenvalue weighted by atomic mass is 9.75. The fourth-order valence-electron chi connectivity index (χ4n) is 3.01. The first-order chi connectivity index (χ1) is 8.58. The highest BCUT2D eigenvalue weighted by atomic mass is 16.1. The average Bonchev–Trinajstić information content (AvgIpc) is 2.75. The van der Waals surface area contributed by atoms with Gasteiger partial charge in [-0.05, 0) is 31.1 Å². The molecule has 0 aliphatic heterocycles. The first-order valence-electron chi connectivity index (χ1n) is 6.70. The molecule has 2 atom stereocenters. The second-order valence-electron chi connectivity index (χ2n) is 5.69. The zero-order valence-corrected chi connectivity index (χ0v) is 11.2. The Hall–Kier alpha value is -1.23. The zero-order valence-electron chi connectivity index (χ0n) is 11.2. The van der Waals surface area contributed by atoms with Crippen molar-refractivity contribution in [3.8, 4) is 0 Å². The first kappa shape index (κ1) is 13.2. The van der Waals surface area contributed by atoms with Gasteiger partial charge in [-0.3, -0.25) is 4.79 Å². The molecule has 1 saturated carbocycles. The van der Waals surface area contributed by atoms with Gasteiger partial charge in [0, 0.05) is 12.5 Å². The standard InChI is InChI=1S/C13H22N4O/c1-9-3-10(2)5-11(4-9)13(18)8-17-7-12(6-14)15-16-17/h7,9-11H,3-6,8,14H2,1-2H3. The topological polar surface area (TPSA) is 73.8 Å².